The minimum Gasteiger partial charge on any atom is -0.481 e. The second-order valence-electron chi connectivity index (χ2n) is 4.84. The summed E-state index contributed by atoms with van der Waals surface area (Å²) in [5, 5.41) is 9.45. The van der Waals surface area contributed by atoms with Crippen molar-refractivity contribution < 1.29 is 14.3 Å². The van der Waals surface area contributed by atoms with Gasteiger partial charge < -0.3 is 9.67 Å². The van der Waals surface area contributed by atoms with Gasteiger partial charge in [0, 0.05) is 18.4 Å². The van der Waals surface area contributed by atoms with Crippen LogP contribution < -0.4 is 0 Å². The molecule has 0 aliphatic carbocycles. The fourth-order valence-electron chi connectivity index (χ4n) is 2.12. The Kier molecular flexibility index (Phi) is 5.01. The highest BCUT2D eigenvalue weighted by Gasteiger charge is 2.10. The first kappa shape index (κ1) is 15.6. The largest absolute Gasteiger partial charge is 0.481 e. The number of nitrogens with zero attached hydrogens (tertiary/aromatic N) is 2. The number of benzene rings is 1. The second kappa shape index (κ2) is 6.76. The Morgan fingerprint density at radius 2 is 2.19 bits per heavy atom. The molecule has 0 fully saturated rings. The molecular weight excluding hydrogens is 291 g/mol. The lowest BCUT2D eigenvalue weighted by Crippen LogP contribution is -2.07. The monoisotopic (exact) mass is 308 g/mol. The SMILES string of the molecule is Cc1cc(F)ccc1CCn1c(C)cnc1SCC(=O)O. The average Bonchev–Trinajstić information content (AvgIpc) is 2.76. The van der Waals surface area contributed by atoms with E-state index in [1.807, 2.05) is 18.4 Å². The summed E-state index contributed by atoms with van der Waals surface area (Å²) < 4.78 is 15.1. The molecular formula is C15H17FN2O2S. The number of carboxylic acid groups (broad SMARTS) is 1. The number of hydrogen-bond donors (Lipinski definition) is 1. The predicted molar refractivity (Wildman–Crippen MR) is 80.2 cm³/mol. The summed E-state index contributed by atoms with van der Waals surface area (Å²) in [6.07, 6.45) is 2.49. The molecule has 112 valence electrons. The van der Waals surface area contributed by atoms with E-state index in [0.29, 0.717) is 11.7 Å². The van der Waals surface area contributed by atoms with Gasteiger partial charge in [-0.1, -0.05) is 17.8 Å². The maximum atomic E-state index is 13.1. The lowest BCUT2D eigenvalue weighted by Gasteiger charge is -2.11. The third-order valence-electron chi connectivity index (χ3n) is 3.25. The molecule has 0 unspecified atom stereocenters. The molecule has 0 aliphatic heterocycles. The molecule has 1 aromatic heterocycles. The predicted octanol–water partition coefficient (Wildman–Crippen LogP) is 3.06. The van der Waals surface area contributed by atoms with Crippen LogP contribution in [-0.2, 0) is 17.8 Å². The zero-order valence-electron chi connectivity index (χ0n) is 12.0. The molecule has 0 saturated carbocycles. The minimum atomic E-state index is -0.860. The van der Waals surface area contributed by atoms with E-state index in [-0.39, 0.29) is 11.6 Å². The van der Waals surface area contributed by atoms with Gasteiger partial charge in [0.2, 0.25) is 0 Å². The van der Waals surface area contributed by atoms with E-state index in [9.17, 15) is 9.18 Å². The van der Waals surface area contributed by atoms with Crippen LogP contribution in [-0.4, -0.2) is 26.4 Å². The van der Waals surface area contributed by atoms with Gasteiger partial charge in [-0.15, -0.1) is 0 Å². The minimum absolute atomic E-state index is 0.00791. The van der Waals surface area contributed by atoms with Crippen LogP contribution >= 0.6 is 11.8 Å². The summed E-state index contributed by atoms with van der Waals surface area (Å²) >= 11 is 1.21. The standard InChI is InChI=1S/C15H17FN2O2S/c1-10-7-13(16)4-3-12(10)5-6-18-11(2)8-17-15(18)21-9-14(19)20/h3-4,7-8H,5-6,9H2,1-2H3,(H,19,20). The van der Waals surface area contributed by atoms with E-state index < -0.39 is 5.97 Å². The van der Waals surface area contributed by atoms with Gasteiger partial charge in [0.25, 0.3) is 0 Å². The molecule has 0 bridgehead atoms. The van der Waals surface area contributed by atoms with E-state index in [2.05, 4.69) is 4.98 Å². The number of aryl methyl sites for hydroxylation is 3. The number of carboxylic acids is 1. The van der Waals surface area contributed by atoms with Gasteiger partial charge in [-0.05, 0) is 43.5 Å². The molecule has 2 rings (SSSR count). The van der Waals surface area contributed by atoms with Crippen molar-refractivity contribution in [2.45, 2.75) is 32.0 Å². The second-order valence-corrected chi connectivity index (χ2v) is 5.78. The van der Waals surface area contributed by atoms with Gasteiger partial charge in [0.05, 0.1) is 5.75 Å². The fraction of sp³-hybridized carbons (Fsp3) is 0.333. The van der Waals surface area contributed by atoms with Crippen molar-refractivity contribution in [3.8, 4) is 0 Å². The van der Waals surface area contributed by atoms with Crippen LogP contribution in [0.25, 0.3) is 0 Å². The summed E-state index contributed by atoms with van der Waals surface area (Å²) in [5.41, 5.74) is 2.99. The van der Waals surface area contributed by atoms with Gasteiger partial charge in [-0.25, -0.2) is 9.37 Å². The number of thioether (sulfide) groups is 1. The third kappa shape index (κ3) is 4.07. The molecule has 4 nitrogen and oxygen atoms in total. The molecule has 6 heteroatoms. The number of carbonyl (C=O) groups is 1. The van der Waals surface area contributed by atoms with Crippen molar-refractivity contribution in [2.75, 3.05) is 5.75 Å². The smallest absolute Gasteiger partial charge is 0.313 e. The zero-order chi connectivity index (χ0) is 15.4. The molecule has 0 saturated heterocycles. The number of rotatable bonds is 6. The summed E-state index contributed by atoms with van der Waals surface area (Å²) in [4.78, 5) is 14.9. The number of halogens is 1. The molecule has 0 spiro atoms. The molecule has 0 atom stereocenters. The highest BCUT2D eigenvalue weighted by Crippen LogP contribution is 2.19. The molecule has 2 aromatic rings. The summed E-state index contributed by atoms with van der Waals surface area (Å²) in [5.74, 6) is -1.10. The van der Waals surface area contributed by atoms with Crippen molar-refractivity contribution in [3.63, 3.8) is 0 Å². The maximum Gasteiger partial charge on any atom is 0.313 e. The topological polar surface area (TPSA) is 55.1 Å². The average molecular weight is 308 g/mol. The molecule has 0 amide bonds. The van der Waals surface area contributed by atoms with E-state index in [0.717, 1.165) is 23.2 Å². The summed E-state index contributed by atoms with van der Waals surface area (Å²) in [6.45, 7) is 4.52. The van der Waals surface area contributed by atoms with Crippen LogP contribution in [0.5, 0.6) is 0 Å². The van der Waals surface area contributed by atoms with Crippen molar-refractivity contribution in [3.05, 3.63) is 47.0 Å². The van der Waals surface area contributed by atoms with E-state index in [1.165, 1.54) is 23.9 Å². The number of aromatic nitrogens is 2. The Hall–Kier alpha value is -1.82. The summed E-state index contributed by atoms with van der Waals surface area (Å²) in [6, 6.07) is 4.78. The van der Waals surface area contributed by atoms with Crippen molar-refractivity contribution >= 4 is 17.7 Å². The first-order valence-electron chi connectivity index (χ1n) is 6.59. The van der Waals surface area contributed by atoms with Crippen LogP contribution in [0.3, 0.4) is 0 Å². The summed E-state index contributed by atoms with van der Waals surface area (Å²) in [7, 11) is 0. The highest BCUT2D eigenvalue weighted by atomic mass is 32.2. The van der Waals surface area contributed by atoms with Crippen molar-refractivity contribution in [1.82, 2.24) is 9.55 Å². The quantitative estimate of drug-likeness (QED) is 0.833. The van der Waals surface area contributed by atoms with Gasteiger partial charge in [-0.3, -0.25) is 4.79 Å². The van der Waals surface area contributed by atoms with Gasteiger partial charge in [0.1, 0.15) is 5.82 Å². The van der Waals surface area contributed by atoms with E-state index in [4.69, 9.17) is 5.11 Å². The Morgan fingerprint density at radius 3 is 2.86 bits per heavy atom. The first-order valence-corrected chi connectivity index (χ1v) is 7.57. The van der Waals surface area contributed by atoms with Crippen molar-refractivity contribution in [2.24, 2.45) is 0 Å². The molecule has 1 N–H and O–H groups in total. The molecule has 1 aromatic carbocycles. The number of imidazole rings is 1. The third-order valence-corrected chi connectivity index (χ3v) is 4.23. The van der Waals surface area contributed by atoms with Crippen LogP contribution in [0, 0.1) is 19.7 Å². The number of hydrogen-bond acceptors (Lipinski definition) is 3. The molecule has 0 aliphatic rings. The lowest BCUT2D eigenvalue weighted by molar-refractivity contribution is -0.133. The lowest BCUT2D eigenvalue weighted by atomic mass is 10.1. The normalized spacial score (nSPS) is 10.8. The van der Waals surface area contributed by atoms with Gasteiger partial charge in [-0.2, -0.15) is 0 Å². The van der Waals surface area contributed by atoms with Gasteiger partial charge in [0.15, 0.2) is 5.16 Å². The first-order chi connectivity index (χ1) is 9.97. The zero-order valence-corrected chi connectivity index (χ0v) is 12.8. The van der Waals surface area contributed by atoms with E-state index in [1.54, 1.807) is 12.3 Å². The maximum absolute atomic E-state index is 13.1. The van der Waals surface area contributed by atoms with Crippen LogP contribution in [0.2, 0.25) is 0 Å². The van der Waals surface area contributed by atoms with E-state index >= 15 is 0 Å². The molecule has 21 heavy (non-hydrogen) atoms. The van der Waals surface area contributed by atoms with Gasteiger partial charge >= 0.3 is 5.97 Å². The Bertz CT molecular complexity index is 655. The van der Waals surface area contributed by atoms with Crippen LogP contribution in [0.15, 0.2) is 29.6 Å². The Morgan fingerprint density at radius 1 is 1.43 bits per heavy atom. The van der Waals surface area contributed by atoms with Crippen molar-refractivity contribution in [1.29, 1.82) is 0 Å². The highest BCUT2D eigenvalue weighted by molar-refractivity contribution is 7.99. The Labute approximate surface area is 127 Å². The van der Waals surface area contributed by atoms with Crippen LogP contribution in [0.1, 0.15) is 16.8 Å². The van der Waals surface area contributed by atoms with Crippen LogP contribution in [0.4, 0.5) is 4.39 Å². The fourth-order valence-corrected chi connectivity index (χ4v) is 2.90. The molecule has 1 heterocycles. The Balaban J connectivity index is 2.08. The molecule has 0 radical (unpaired) electrons. The number of aliphatic carboxylic acids is 1.